The van der Waals surface area contributed by atoms with E-state index in [1.54, 1.807) is 12.1 Å². The summed E-state index contributed by atoms with van der Waals surface area (Å²) >= 11 is 0. The van der Waals surface area contributed by atoms with Crippen molar-refractivity contribution in [1.82, 2.24) is 4.72 Å². The molecule has 2 aromatic carbocycles. The number of halogens is 2. The largest absolute Gasteiger partial charge is 0.493 e. The fourth-order valence-corrected chi connectivity index (χ4v) is 3.76. The normalized spacial score (nSPS) is 13.3. The summed E-state index contributed by atoms with van der Waals surface area (Å²) in [5, 5.41) is 0. The van der Waals surface area contributed by atoms with Gasteiger partial charge in [0.1, 0.15) is 11.6 Å². The average Bonchev–Trinajstić information content (AvgIpc) is 2.67. The van der Waals surface area contributed by atoms with Crippen molar-refractivity contribution >= 4 is 22.4 Å². The second-order valence-electron chi connectivity index (χ2n) is 7.18. The van der Waals surface area contributed by atoms with Crippen molar-refractivity contribution in [2.75, 3.05) is 26.1 Å². The Morgan fingerprint density at radius 3 is 2.23 bits per heavy atom. The maximum Gasteiger partial charge on any atom is 0.209 e. The number of nitrogens with one attached hydrogen (secondary N) is 1. The van der Waals surface area contributed by atoms with E-state index in [4.69, 9.17) is 9.47 Å². The number of ether oxygens (including phenoxy) is 2. The van der Waals surface area contributed by atoms with Gasteiger partial charge in [0.15, 0.2) is 0 Å². The molecule has 1 N–H and O–H groups in total. The van der Waals surface area contributed by atoms with Crippen LogP contribution in [0, 0.1) is 11.7 Å². The zero-order chi connectivity index (χ0) is 21.3. The van der Waals surface area contributed by atoms with Crippen LogP contribution in [0.5, 0.6) is 5.75 Å². The molecule has 0 saturated heterocycles. The Morgan fingerprint density at radius 1 is 1.03 bits per heavy atom. The summed E-state index contributed by atoms with van der Waals surface area (Å²) in [6.45, 7) is 5.53. The highest BCUT2D eigenvalue weighted by Crippen LogP contribution is 2.18. The van der Waals surface area contributed by atoms with Crippen molar-refractivity contribution in [3.05, 3.63) is 65.5 Å². The molecule has 0 fully saturated rings. The van der Waals surface area contributed by atoms with E-state index in [0.717, 1.165) is 24.7 Å². The summed E-state index contributed by atoms with van der Waals surface area (Å²) in [6.07, 6.45) is 2.90. The van der Waals surface area contributed by atoms with Crippen LogP contribution in [0.15, 0.2) is 48.5 Å². The molecule has 2 aromatic rings. The van der Waals surface area contributed by atoms with Gasteiger partial charge in [0.2, 0.25) is 10.0 Å². The van der Waals surface area contributed by atoms with Gasteiger partial charge in [-0.1, -0.05) is 24.3 Å². The molecule has 0 aliphatic rings. The molecule has 8 heteroatoms. The number of benzene rings is 2. The zero-order valence-electron chi connectivity index (χ0n) is 17.6. The van der Waals surface area contributed by atoms with E-state index in [0.29, 0.717) is 25.6 Å². The molecule has 0 amide bonds. The monoisotopic (exact) mass is 459 g/mol. The second kappa shape index (κ2) is 12.9. The number of rotatable bonds is 12. The Hall–Kier alpha value is -1.67. The Labute approximate surface area is 185 Å². The van der Waals surface area contributed by atoms with Crippen LogP contribution in [0.4, 0.5) is 4.39 Å². The molecule has 0 aliphatic heterocycles. The lowest BCUT2D eigenvalue weighted by Gasteiger charge is -2.18. The van der Waals surface area contributed by atoms with Crippen LogP contribution >= 0.6 is 12.4 Å². The van der Waals surface area contributed by atoms with Crippen molar-refractivity contribution in [1.29, 1.82) is 0 Å². The molecule has 0 spiro atoms. The third-order valence-electron chi connectivity index (χ3n) is 4.57. The van der Waals surface area contributed by atoms with E-state index < -0.39 is 10.0 Å². The van der Waals surface area contributed by atoms with E-state index in [-0.39, 0.29) is 30.2 Å². The van der Waals surface area contributed by atoms with Crippen molar-refractivity contribution < 1.29 is 22.3 Å². The van der Waals surface area contributed by atoms with E-state index in [9.17, 15) is 12.8 Å². The first-order valence-electron chi connectivity index (χ1n) is 9.79. The summed E-state index contributed by atoms with van der Waals surface area (Å²) < 4.78 is 49.7. The van der Waals surface area contributed by atoms with Crippen LogP contribution in [0.3, 0.4) is 0 Å². The standard InChI is InChI=1S/C22H30FNO4S.ClH/c1-4-27-15-19(16-28-22-13-11-21(23)12-14-22)6-5-18-7-9-20(10-8-18)17(2)24-29(3,25)26;/h7-14,17,19,24H,4-6,15-16H2,1-3H3;1H/t17-,19?;/m1./s1. The summed E-state index contributed by atoms with van der Waals surface area (Å²) in [7, 11) is -3.24. The highest BCUT2D eigenvalue weighted by atomic mass is 35.5. The predicted molar refractivity (Wildman–Crippen MR) is 120 cm³/mol. The molecule has 2 rings (SSSR count). The molecule has 0 radical (unpaired) electrons. The molecule has 0 aliphatic carbocycles. The Morgan fingerprint density at radius 2 is 1.67 bits per heavy atom. The number of hydrogen-bond donors (Lipinski definition) is 1. The zero-order valence-corrected chi connectivity index (χ0v) is 19.3. The Balaban J connectivity index is 0.00000450. The highest BCUT2D eigenvalue weighted by Gasteiger charge is 2.13. The van der Waals surface area contributed by atoms with Crippen molar-refractivity contribution in [2.45, 2.75) is 32.7 Å². The first-order chi connectivity index (χ1) is 13.8. The van der Waals surface area contributed by atoms with E-state index >= 15 is 0 Å². The molecule has 0 heterocycles. The molecule has 1 unspecified atom stereocenters. The van der Waals surface area contributed by atoms with E-state index in [1.807, 2.05) is 38.1 Å². The third-order valence-corrected chi connectivity index (χ3v) is 5.35. The fraction of sp³-hybridized carbons (Fsp3) is 0.455. The lowest BCUT2D eigenvalue weighted by molar-refractivity contribution is 0.0831. The SMILES string of the molecule is CCOCC(CCc1ccc([C@@H](C)NS(C)(=O)=O)cc1)COc1ccc(F)cc1.Cl. The molecule has 5 nitrogen and oxygen atoms in total. The van der Waals surface area contributed by atoms with Gasteiger partial charge < -0.3 is 9.47 Å². The van der Waals surface area contributed by atoms with Gasteiger partial charge in [0, 0.05) is 18.6 Å². The lowest BCUT2D eigenvalue weighted by atomic mass is 9.99. The van der Waals surface area contributed by atoms with Gasteiger partial charge in [0.25, 0.3) is 0 Å². The van der Waals surface area contributed by atoms with Crippen LogP contribution in [0.2, 0.25) is 0 Å². The van der Waals surface area contributed by atoms with Crippen molar-refractivity contribution in [2.24, 2.45) is 5.92 Å². The molecular formula is C22H31ClFNO4S. The van der Waals surface area contributed by atoms with Crippen LogP contribution in [-0.2, 0) is 21.2 Å². The smallest absolute Gasteiger partial charge is 0.209 e. The van der Waals surface area contributed by atoms with Gasteiger partial charge in [-0.05, 0) is 62.1 Å². The Bertz CT molecular complexity index is 844. The molecule has 2 atom stereocenters. The minimum atomic E-state index is -3.24. The van der Waals surface area contributed by atoms with Gasteiger partial charge in [-0.15, -0.1) is 12.4 Å². The number of hydrogen-bond acceptors (Lipinski definition) is 4. The van der Waals surface area contributed by atoms with Gasteiger partial charge in [0.05, 0.1) is 19.5 Å². The molecule has 0 aromatic heterocycles. The molecule has 0 saturated carbocycles. The molecular weight excluding hydrogens is 429 g/mol. The number of aryl methyl sites for hydroxylation is 1. The van der Waals surface area contributed by atoms with Crippen molar-refractivity contribution in [3.63, 3.8) is 0 Å². The topological polar surface area (TPSA) is 64.6 Å². The first kappa shape index (κ1) is 26.4. The summed E-state index contributed by atoms with van der Waals surface area (Å²) in [5.41, 5.74) is 2.09. The predicted octanol–water partition coefficient (Wildman–Crippen LogP) is 4.52. The fourth-order valence-electron chi connectivity index (χ4n) is 2.98. The Kier molecular flexibility index (Phi) is 11.3. The summed E-state index contributed by atoms with van der Waals surface area (Å²) in [5.74, 6) is 0.572. The molecule has 168 valence electrons. The second-order valence-corrected chi connectivity index (χ2v) is 8.96. The molecule has 0 bridgehead atoms. The number of sulfonamides is 1. The van der Waals surface area contributed by atoms with Gasteiger partial charge in [-0.3, -0.25) is 0 Å². The first-order valence-corrected chi connectivity index (χ1v) is 11.7. The summed E-state index contributed by atoms with van der Waals surface area (Å²) in [4.78, 5) is 0. The minimum Gasteiger partial charge on any atom is -0.493 e. The van der Waals surface area contributed by atoms with Crippen LogP contribution in [-0.4, -0.2) is 34.5 Å². The van der Waals surface area contributed by atoms with E-state index in [2.05, 4.69) is 4.72 Å². The summed E-state index contributed by atoms with van der Waals surface area (Å²) in [6, 6.07) is 13.7. The minimum absolute atomic E-state index is 0. The maximum atomic E-state index is 13.0. The van der Waals surface area contributed by atoms with Gasteiger partial charge in [-0.2, -0.15) is 0 Å². The highest BCUT2D eigenvalue weighted by molar-refractivity contribution is 7.88. The van der Waals surface area contributed by atoms with Crippen LogP contribution in [0.25, 0.3) is 0 Å². The van der Waals surface area contributed by atoms with Crippen LogP contribution < -0.4 is 9.46 Å². The van der Waals surface area contributed by atoms with Crippen LogP contribution in [0.1, 0.15) is 37.4 Å². The maximum absolute atomic E-state index is 13.0. The van der Waals surface area contributed by atoms with E-state index in [1.165, 1.54) is 17.7 Å². The average molecular weight is 460 g/mol. The van der Waals surface area contributed by atoms with Crippen molar-refractivity contribution in [3.8, 4) is 5.75 Å². The lowest BCUT2D eigenvalue weighted by Crippen LogP contribution is -2.25. The quantitative estimate of drug-likeness (QED) is 0.506. The third kappa shape index (κ3) is 9.89. The van der Waals surface area contributed by atoms with Gasteiger partial charge >= 0.3 is 0 Å². The van der Waals surface area contributed by atoms with Gasteiger partial charge in [-0.25, -0.2) is 17.5 Å². The molecule has 30 heavy (non-hydrogen) atoms.